The van der Waals surface area contributed by atoms with Crippen LogP contribution in [0.4, 0.5) is 10.1 Å². The van der Waals surface area contributed by atoms with Gasteiger partial charge in [-0.1, -0.05) is 24.3 Å². The van der Waals surface area contributed by atoms with Crippen molar-refractivity contribution in [2.24, 2.45) is 0 Å². The van der Waals surface area contributed by atoms with Crippen LogP contribution in [0.2, 0.25) is 0 Å². The molecule has 1 heterocycles. The molecule has 29 heavy (non-hydrogen) atoms. The van der Waals surface area contributed by atoms with E-state index in [0.717, 1.165) is 42.9 Å². The van der Waals surface area contributed by atoms with Crippen molar-refractivity contribution in [1.29, 1.82) is 0 Å². The van der Waals surface area contributed by atoms with E-state index in [9.17, 15) is 9.50 Å². The minimum Gasteiger partial charge on any atom is -0.508 e. The summed E-state index contributed by atoms with van der Waals surface area (Å²) in [5.74, 6) is 1.44. The van der Waals surface area contributed by atoms with Crippen molar-refractivity contribution in [3.8, 4) is 17.2 Å². The van der Waals surface area contributed by atoms with Gasteiger partial charge in [-0.2, -0.15) is 0 Å². The number of halogens is 1. The molecule has 0 amide bonds. The molecule has 4 nitrogen and oxygen atoms in total. The highest BCUT2D eigenvalue weighted by molar-refractivity contribution is 5.52. The summed E-state index contributed by atoms with van der Waals surface area (Å²) in [7, 11) is 0. The van der Waals surface area contributed by atoms with E-state index in [2.05, 4.69) is 16.3 Å². The van der Waals surface area contributed by atoms with Gasteiger partial charge < -0.3 is 20.1 Å². The third-order valence-corrected chi connectivity index (χ3v) is 5.30. The third-order valence-electron chi connectivity index (χ3n) is 5.30. The van der Waals surface area contributed by atoms with Crippen molar-refractivity contribution in [2.45, 2.75) is 25.4 Å². The lowest BCUT2D eigenvalue weighted by molar-refractivity contribution is 0.406. The molecule has 4 rings (SSSR count). The van der Waals surface area contributed by atoms with Gasteiger partial charge in [-0.25, -0.2) is 4.39 Å². The predicted octanol–water partition coefficient (Wildman–Crippen LogP) is 5.08. The highest BCUT2D eigenvalue weighted by atomic mass is 19.1. The first kappa shape index (κ1) is 19.3. The van der Waals surface area contributed by atoms with Crippen LogP contribution in [0.5, 0.6) is 17.2 Å². The van der Waals surface area contributed by atoms with Gasteiger partial charge in [0.25, 0.3) is 0 Å². The number of piperidine rings is 1. The molecule has 0 aliphatic carbocycles. The topological polar surface area (TPSA) is 44.7 Å². The summed E-state index contributed by atoms with van der Waals surface area (Å²) < 4.78 is 18.9. The van der Waals surface area contributed by atoms with E-state index >= 15 is 0 Å². The van der Waals surface area contributed by atoms with E-state index in [1.807, 2.05) is 36.4 Å². The lowest BCUT2D eigenvalue weighted by atomic mass is 10.0. The second kappa shape index (κ2) is 8.97. The fraction of sp³-hybridized carbons (Fsp3) is 0.250. The van der Waals surface area contributed by atoms with Crippen LogP contribution >= 0.6 is 0 Å². The highest BCUT2D eigenvalue weighted by Crippen LogP contribution is 2.28. The number of para-hydroxylation sites is 1. The van der Waals surface area contributed by atoms with Crippen LogP contribution in [0.1, 0.15) is 18.4 Å². The van der Waals surface area contributed by atoms with E-state index in [-0.39, 0.29) is 5.82 Å². The number of nitrogens with zero attached hydrogens (tertiary/aromatic N) is 1. The minimum atomic E-state index is -0.273. The number of hydrogen-bond donors (Lipinski definition) is 2. The standard InChI is InChI=1S/C24H25FN2O2/c25-19-8-10-22(11-9-19)29-23-6-3-5-21(16-23)27-14-12-20(13-15-27)26-17-18-4-1-2-7-24(18)28/h1-11,16,20,26,28H,12-15,17H2. The summed E-state index contributed by atoms with van der Waals surface area (Å²) in [6, 6.07) is 21.9. The molecule has 0 spiro atoms. The number of nitrogens with one attached hydrogen (secondary N) is 1. The number of phenols is 1. The zero-order chi connectivity index (χ0) is 20.1. The molecule has 0 unspecified atom stereocenters. The summed E-state index contributed by atoms with van der Waals surface area (Å²) in [5.41, 5.74) is 2.06. The lowest BCUT2D eigenvalue weighted by Gasteiger charge is -2.34. The number of phenolic OH excluding ortho intramolecular Hbond substituents is 1. The molecule has 150 valence electrons. The van der Waals surface area contributed by atoms with Crippen LogP contribution in [0.15, 0.2) is 72.8 Å². The minimum absolute atomic E-state index is 0.273. The average Bonchev–Trinajstić information content (AvgIpc) is 2.75. The SMILES string of the molecule is Oc1ccccc1CNC1CCN(c2cccc(Oc3ccc(F)cc3)c2)CC1. The van der Waals surface area contributed by atoms with Gasteiger partial charge in [0.15, 0.2) is 0 Å². The number of ether oxygens (including phenoxy) is 1. The van der Waals surface area contributed by atoms with Crippen LogP contribution in [-0.4, -0.2) is 24.2 Å². The Kier molecular flexibility index (Phi) is 5.96. The van der Waals surface area contributed by atoms with Gasteiger partial charge >= 0.3 is 0 Å². The molecule has 0 saturated carbocycles. The van der Waals surface area contributed by atoms with Crippen LogP contribution in [0.3, 0.4) is 0 Å². The second-order valence-corrected chi connectivity index (χ2v) is 7.32. The summed E-state index contributed by atoms with van der Waals surface area (Å²) in [4.78, 5) is 2.36. The largest absolute Gasteiger partial charge is 0.508 e. The van der Waals surface area contributed by atoms with Gasteiger partial charge in [-0.3, -0.25) is 0 Å². The molecule has 1 fully saturated rings. The molecule has 0 radical (unpaired) electrons. The fourth-order valence-corrected chi connectivity index (χ4v) is 3.64. The molecule has 0 aromatic heterocycles. The highest BCUT2D eigenvalue weighted by Gasteiger charge is 2.19. The molecule has 1 saturated heterocycles. The third kappa shape index (κ3) is 5.06. The van der Waals surface area contributed by atoms with E-state index in [0.29, 0.717) is 24.1 Å². The first-order valence-corrected chi connectivity index (χ1v) is 9.96. The maximum atomic E-state index is 13.1. The zero-order valence-corrected chi connectivity index (χ0v) is 16.2. The number of anilines is 1. The Balaban J connectivity index is 1.31. The van der Waals surface area contributed by atoms with Crippen molar-refractivity contribution in [2.75, 3.05) is 18.0 Å². The van der Waals surface area contributed by atoms with Crippen molar-refractivity contribution >= 4 is 5.69 Å². The maximum absolute atomic E-state index is 13.1. The predicted molar refractivity (Wildman–Crippen MR) is 113 cm³/mol. The second-order valence-electron chi connectivity index (χ2n) is 7.32. The van der Waals surface area contributed by atoms with Gasteiger partial charge in [0.2, 0.25) is 0 Å². The van der Waals surface area contributed by atoms with E-state index in [1.54, 1.807) is 18.2 Å². The van der Waals surface area contributed by atoms with Crippen molar-refractivity contribution in [3.63, 3.8) is 0 Å². The van der Waals surface area contributed by atoms with E-state index < -0.39 is 0 Å². The molecule has 3 aromatic carbocycles. The quantitative estimate of drug-likeness (QED) is 0.614. The van der Waals surface area contributed by atoms with Crippen molar-refractivity contribution in [3.05, 3.63) is 84.2 Å². The van der Waals surface area contributed by atoms with E-state index in [1.165, 1.54) is 12.1 Å². The molecule has 2 N–H and O–H groups in total. The first-order chi connectivity index (χ1) is 14.2. The summed E-state index contributed by atoms with van der Waals surface area (Å²) in [6.45, 7) is 2.59. The Morgan fingerprint density at radius 1 is 0.931 bits per heavy atom. The van der Waals surface area contributed by atoms with E-state index in [4.69, 9.17) is 4.74 Å². The number of benzene rings is 3. The normalized spacial score (nSPS) is 14.7. The van der Waals surface area contributed by atoms with Gasteiger partial charge in [-0.05, 0) is 55.3 Å². The monoisotopic (exact) mass is 392 g/mol. The molecular formula is C24H25FN2O2. The van der Waals surface area contributed by atoms with Crippen molar-refractivity contribution in [1.82, 2.24) is 5.32 Å². The number of rotatable bonds is 6. The molecule has 1 aliphatic rings. The summed E-state index contributed by atoms with van der Waals surface area (Å²) in [5, 5.41) is 13.5. The van der Waals surface area contributed by atoms with Crippen LogP contribution in [0.25, 0.3) is 0 Å². The number of hydrogen-bond acceptors (Lipinski definition) is 4. The Bertz CT molecular complexity index is 938. The summed E-state index contributed by atoms with van der Waals surface area (Å²) >= 11 is 0. The molecule has 1 aliphatic heterocycles. The molecule has 0 bridgehead atoms. The Morgan fingerprint density at radius 3 is 2.45 bits per heavy atom. The molecule has 3 aromatic rings. The van der Waals surface area contributed by atoms with Crippen molar-refractivity contribution < 1.29 is 14.2 Å². The van der Waals surface area contributed by atoms with Gasteiger partial charge in [-0.15, -0.1) is 0 Å². The average molecular weight is 392 g/mol. The Labute approximate surface area is 170 Å². The Morgan fingerprint density at radius 2 is 1.69 bits per heavy atom. The van der Waals surface area contributed by atoms with Gasteiger partial charge in [0.1, 0.15) is 23.1 Å². The van der Waals surface area contributed by atoms with Crippen LogP contribution in [-0.2, 0) is 6.54 Å². The first-order valence-electron chi connectivity index (χ1n) is 9.96. The Hall–Kier alpha value is -3.05. The smallest absolute Gasteiger partial charge is 0.129 e. The molecule has 0 atom stereocenters. The van der Waals surface area contributed by atoms with Gasteiger partial charge in [0, 0.05) is 43.0 Å². The molecular weight excluding hydrogens is 367 g/mol. The van der Waals surface area contributed by atoms with Crippen LogP contribution in [0, 0.1) is 5.82 Å². The number of aromatic hydroxyl groups is 1. The lowest BCUT2D eigenvalue weighted by Crippen LogP contribution is -2.42. The fourth-order valence-electron chi connectivity index (χ4n) is 3.64. The summed E-state index contributed by atoms with van der Waals surface area (Å²) in [6.07, 6.45) is 2.08. The van der Waals surface area contributed by atoms with Gasteiger partial charge in [0.05, 0.1) is 0 Å². The molecule has 5 heteroatoms. The van der Waals surface area contributed by atoms with Crippen LogP contribution < -0.4 is 15.0 Å². The maximum Gasteiger partial charge on any atom is 0.129 e. The zero-order valence-electron chi connectivity index (χ0n) is 16.2.